The first-order valence-electron chi connectivity index (χ1n) is 4.03. The SMILES string of the molecule is Cc1cc(F)c(Cl)cc1CCC=O. The van der Waals surface area contributed by atoms with Crippen LogP contribution in [0.1, 0.15) is 17.5 Å². The third-order valence-electron chi connectivity index (χ3n) is 1.91. The minimum absolute atomic E-state index is 0.117. The maximum atomic E-state index is 12.9. The number of halogens is 2. The molecule has 0 saturated carbocycles. The molecule has 0 spiro atoms. The van der Waals surface area contributed by atoms with E-state index >= 15 is 0 Å². The first kappa shape index (κ1) is 10.2. The summed E-state index contributed by atoms with van der Waals surface area (Å²) < 4.78 is 12.9. The summed E-state index contributed by atoms with van der Waals surface area (Å²) in [4.78, 5) is 10.1. The van der Waals surface area contributed by atoms with Gasteiger partial charge in [0, 0.05) is 6.42 Å². The van der Waals surface area contributed by atoms with Gasteiger partial charge in [-0.15, -0.1) is 0 Å². The van der Waals surface area contributed by atoms with E-state index in [0.29, 0.717) is 12.8 Å². The van der Waals surface area contributed by atoms with Gasteiger partial charge in [-0.05, 0) is 36.6 Å². The number of hydrogen-bond acceptors (Lipinski definition) is 1. The van der Waals surface area contributed by atoms with Crippen molar-refractivity contribution in [2.75, 3.05) is 0 Å². The highest BCUT2D eigenvalue weighted by molar-refractivity contribution is 6.30. The van der Waals surface area contributed by atoms with E-state index in [1.54, 1.807) is 13.0 Å². The molecule has 0 heterocycles. The lowest BCUT2D eigenvalue weighted by atomic mass is 10.0. The summed E-state index contributed by atoms with van der Waals surface area (Å²) in [5.74, 6) is -0.408. The Morgan fingerprint density at radius 3 is 2.85 bits per heavy atom. The highest BCUT2D eigenvalue weighted by atomic mass is 35.5. The molecule has 0 fully saturated rings. The Bertz CT molecular complexity index is 323. The Morgan fingerprint density at radius 2 is 2.23 bits per heavy atom. The Hall–Kier alpha value is -0.890. The van der Waals surface area contributed by atoms with Gasteiger partial charge in [0.2, 0.25) is 0 Å². The topological polar surface area (TPSA) is 17.1 Å². The molecule has 1 nitrogen and oxygen atoms in total. The van der Waals surface area contributed by atoms with Crippen molar-refractivity contribution in [1.82, 2.24) is 0 Å². The molecule has 0 aliphatic heterocycles. The van der Waals surface area contributed by atoms with Crippen LogP contribution in [0.4, 0.5) is 4.39 Å². The van der Waals surface area contributed by atoms with E-state index in [1.807, 2.05) is 0 Å². The maximum absolute atomic E-state index is 12.9. The molecule has 3 heteroatoms. The number of aldehydes is 1. The summed E-state index contributed by atoms with van der Waals surface area (Å²) in [6.45, 7) is 1.81. The van der Waals surface area contributed by atoms with Crippen LogP contribution in [0.15, 0.2) is 12.1 Å². The molecule has 0 aliphatic rings. The molecule has 70 valence electrons. The summed E-state index contributed by atoms with van der Waals surface area (Å²) in [7, 11) is 0. The number of aryl methyl sites for hydroxylation is 2. The molecule has 1 aromatic rings. The van der Waals surface area contributed by atoms with E-state index in [4.69, 9.17) is 11.6 Å². The molecule has 0 unspecified atom stereocenters. The zero-order chi connectivity index (χ0) is 9.84. The van der Waals surface area contributed by atoms with Gasteiger partial charge in [-0.3, -0.25) is 0 Å². The number of carbonyl (C=O) groups excluding carboxylic acids is 1. The summed E-state index contributed by atoms with van der Waals surface area (Å²) >= 11 is 5.60. The predicted octanol–water partition coefficient (Wildman–Crippen LogP) is 2.92. The molecule has 0 saturated heterocycles. The molecule has 0 bridgehead atoms. The van der Waals surface area contributed by atoms with Gasteiger partial charge >= 0.3 is 0 Å². The van der Waals surface area contributed by atoms with Crippen molar-refractivity contribution in [2.24, 2.45) is 0 Å². The molecular formula is C10H10ClFO. The number of carbonyl (C=O) groups is 1. The zero-order valence-electron chi connectivity index (χ0n) is 7.31. The fraction of sp³-hybridized carbons (Fsp3) is 0.300. The van der Waals surface area contributed by atoms with E-state index in [9.17, 15) is 9.18 Å². The van der Waals surface area contributed by atoms with Crippen LogP contribution in [0.25, 0.3) is 0 Å². The highest BCUT2D eigenvalue weighted by Gasteiger charge is 2.04. The Morgan fingerprint density at radius 1 is 1.54 bits per heavy atom. The smallest absolute Gasteiger partial charge is 0.142 e. The molecule has 13 heavy (non-hydrogen) atoms. The second-order valence-corrected chi connectivity index (χ2v) is 3.31. The minimum Gasteiger partial charge on any atom is -0.303 e. The van der Waals surface area contributed by atoms with Gasteiger partial charge in [-0.2, -0.15) is 0 Å². The van der Waals surface area contributed by atoms with Crippen molar-refractivity contribution in [3.63, 3.8) is 0 Å². The standard InChI is InChI=1S/C10H10ClFO/c1-7-5-10(12)9(11)6-8(7)3-2-4-13/h4-6H,2-3H2,1H3. The van der Waals surface area contributed by atoms with E-state index < -0.39 is 5.82 Å². The zero-order valence-corrected chi connectivity index (χ0v) is 8.07. The number of rotatable bonds is 3. The quantitative estimate of drug-likeness (QED) is 0.686. The van der Waals surface area contributed by atoms with Crippen molar-refractivity contribution in [3.8, 4) is 0 Å². The second kappa shape index (κ2) is 4.38. The summed E-state index contributed by atoms with van der Waals surface area (Å²) in [5.41, 5.74) is 1.77. The lowest BCUT2D eigenvalue weighted by Gasteiger charge is -2.04. The Kier molecular flexibility index (Phi) is 3.43. The van der Waals surface area contributed by atoms with E-state index in [1.165, 1.54) is 6.07 Å². The van der Waals surface area contributed by atoms with Gasteiger partial charge in [0.25, 0.3) is 0 Å². The average Bonchev–Trinajstić information content (AvgIpc) is 2.09. The molecule has 0 atom stereocenters. The minimum atomic E-state index is -0.408. The average molecular weight is 201 g/mol. The summed E-state index contributed by atoms with van der Waals surface area (Å²) in [6.07, 6.45) is 1.91. The Balaban J connectivity index is 2.94. The number of hydrogen-bond donors (Lipinski definition) is 0. The Labute approximate surface area is 81.5 Å². The van der Waals surface area contributed by atoms with Gasteiger partial charge in [-0.1, -0.05) is 11.6 Å². The maximum Gasteiger partial charge on any atom is 0.142 e. The van der Waals surface area contributed by atoms with Gasteiger partial charge in [0.1, 0.15) is 12.1 Å². The van der Waals surface area contributed by atoms with Gasteiger partial charge < -0.3 is 4.79 Å². The normalized spacial score (nSPS) is 10.1. The summed E-state index contributed by atoms with van der Waals surface area (Å²) in [5, 5.41) is 0.117. The molecule has 1 aromatic carbocycles. The molecular weight excluding hydrogens is 191 g/mol. The van der Waals surface area contributed by atoms with Crippen molar-refractivity contribution >= 4 is 17.9 Å². The fourth-order valence-electron chi connectivity index (χ4n) is 1.17. The lowest BCUT2D eigenvalue weighted by molar-refractivity contribution is -0.107. The van der Waals surface area contributed by atoms with E-state index in [2.05, 4.69) is 0 Å². The highest BCUT2D eigenvalue weighted by Crippen LogP contribution is 2.20. The van der Waals surface area contributed by atoms with Crippen molar-refractivity contribution in [1.29, 1.82) is 0 Å². The first-order chi connectivity index (χ1) is 6.15. The van der Waals surface area contributed by atoms with Gasteiger partial charge in [0.05, 0.1) is 5.02 Å². The van der Waals surface area contributed by atoms with Crippen LogP contribution in [0.5, 0.6) is 0 Å². The van der Waals surface area contributed by atoms with Crippen molar-refractivity contribution in [3.05, 3.63) is 34.1 Å². The molecule has 1 rings (SSSR count). The molecule has 0 aliphatic carbocycles. The van der Waals surface area contributed by atoms with Gasteiger partial charge in [-0.25, -0.2) is 4.39 Å². The van der Waals surface area contributed by atoms with Crippen LogP contribution in [0.2, 0.25) is 5.02 Å². The van der Waals surface area contributed by atoms with Crippen LogP contribution in [0, 0.1) is 12.7 Å². The lowest BCUT2D eigenvalue weighted by Crippen LogP contribution is -1.92. The second-order valence-electron chi connectivity index (χ2n) is 2.90. The van der Waals surface area contributed by atoms with E-state index in [-0.39, 0.29) is 5.02 Å². The third kappa shape index (κ3) is 2.52. The third-order valence-corrected chi connectivity index (χ3v) is 2.20. The molecule has 0 radical (unpaired) electrons. The van der Waals surface area contributed by atoms with Crippen molar-refractivity contribution in [2.45, 2.75) is 19.8 Å². The largest absolute Gasteiger partial charge is 0.303 e. The van der Waals surface area contributed by atoms with Crippen LogP contribution in [-0.2, 0) is 11.2 Å². The van der Waals surface area contributed by atoms with Gasteiger partial charge in [0.15, 0.2) is 0 Å². The molecule has 0 N–H and O–H groups in total. The fourth-order valence-corrected chi connectivity index (χ4v) is 1.36. The molecule has 0 amide bonds. The monoisotopic (exact) mass is 200 g/mol. The van der Waals surface area contributed by atoms with Crippen LogP contribution in [0.3, 0.4) is 0 Å². The summed E-state index contributed by atoms with van der Waals surface area (Å²) in [6, 6.07) is 2.97. The molecule has 0 aromatic heterocycles. The predicted molar refractivity (Wildman–Crippen MR) is 50.5 cm³/mol. The van der Waals surface area contributed by atoms with Crippen molar-refractivity contribution < 1.29 is 9.18 Å². The van der Waals surface area contributed by atoms with Crippen LogP contribution < -0.4 is 0 Å². The van der Waals surface area contributed by atoms with Crippen LogP contribution >= 0.6 is 11.6 Å². The number of benzene rings is 1. The first-order valence-corrected chi connectivity index (χ1v) is 4.41. The van der Waals surface area contributed by atoms with Crippen LogP contribution in [-0.4, -0.2) is 6.29 Å². The van der Waals surface area contributed by atoms with E-state index in [0.717, 1.165) is 17.4 Å².